The predicted octanol–water partition coefficient (Wildman–Crippen LogP) is 3.70. The van der Waals surface area contributed by atoms with Crippen LogP contribution in [0.1, 0.15) is 32.3 Å². The van der Waals surface area contributed by atoms with E-state index in [9.17, 15) is 9.59 Å². The molecule has 0 spiro atoms. The molecule has 0 amide bonds. The molecular formula is C22H19N3O4S. The minimum absolute atomic E-state index is 0.113. The van der Waals surface area contributed by atoms with Crippen LogP contribution >= 0.6 is 11.3 Å². The van der Waals surface area contributed by atoms with Gasteiger partial charge in [-0.15, -0.1) is 11.3 Å². The van der Waals surface area contributed by atoms with Crippen LogP contribution in [0.25, 0.3) is 5.65 Å². The molecule has 0 bridgehead atoms. The minimum Gasteiger partial charge on any atom is -0.486 e. The van der Waals surface area contributed by atoms with Gasteiger partial charge in [0.2, 0.25) is 0 Å². The molecule has 0 saturated heterocycles. The number of thiazole rings is 1. The first-order chi connectivity index (χ1) is 14.5. The molecule has 0 aliphatic rings. The molecule has 3 heterocycles. The van der Waals surface area contributed by atoms with Crippen molar-refractivity contribution in [2.45, 2.75) is 27.1 Å². The van der Waals surface area contributed by atoms with Crippen molar-refractivity contribution in [2.75, 3.05) is 0 Å². The SMILES string of the molecule is Cc1ccc2nc(COC(=O)c3ccccc3OCc3csc(C)n3)cc(=O)n2c1. The van der Waals surface area contributed by atoms with Crippen molar-refractivity contribution in [3.05, 3.63) is 91.9 Å². The summed E-state index contributed by atoms with van der Waals surface area (Å²) in [6, 6.07) is 11.9. The Morgan fingerprint density at radius 2 is 1.90 bits per heavy atom. The molecule has 0 fully saturated rings. The van der Waals surface area contributed by atoms with Crippen LogP contribution in [0.15, 0.2) is 58.8 Å². The Morgan fingerprint density at radius 1 is 1.07 bits per heavy atom. The summed E-state index contributed by atoms with van der Waals surface area (Å²) < 4.78 is 12.6. The fourth-order valence-corrected chi connectivity index (χ4v) is 3.53. The van der Waals surface area contributed by atoms with Crippen molar-refractivity contribution in [2.24, 2.45) is 0 Å². The van der Waals surface area contributed by atoms with Crippen molar-refractivity contribution in [3.8, 4) is 5.75 Å². The Hall–Kier alpha value is -3.52. The van der Waals surface area contributed by atoms with Crippen LogP contribution in [0.3, 0.4) is 0 Å². The number of rotatable bonds is 6. The highest BCUT2D eigenvalue weighted by Gasteiger charge is 2.15. The van der Waals surface area contributed by atoms with E-state index in [1.807, 2.05) is 25.3 Å². The van der Waals surface area contributed by atoms with Crippen molar-refractivity contribution in [1.82, 2.24) is 14.4 Å². The van der Waals surface area contributed by atoms with E-state index in [1.54, 1.807) is 47.9 Å². The van der Waals surface area contributed by atoms with Gasteiger partial charge in [-0.1, -0.05) is 18.2 Å². The summed E-state index contributed by atoms with van der Waals surface area (Å²) in [5.74, 6) is -0.138. The van der Waals surface area contributed by atoms with Gasteiger partial charge in [-0.2, -0.15) is 0 Å². The van der Waals surface area contributed by atoms with Crippen LogP contribution in [0, 0.1) is 13.8 Å². The zero-order valence-electron chi connectivity index (χ0n) is 16.5. The van der Waals surface area contributed by atoms with Gasteiger partial charge >= 0.3 is 5.97 Å². The summed E-state index contributed by atoms with van der Waals surface area (Å²) in [6.45, 7) is 3.97. The number of carbonyl (C=O) groups is 1. The molecule has 0 radical (unpaired) electrons. The van der Waals surface area contributed by atoms with E-state index in [0.717, 1.165) is 16.3 Å². The number of benzene rings is 1. The van der Waals surface area contributed by atoms with Gasteiger partial charge in [-0.05, 0) is 37.6 Å². The highest BCUT2D eigenvalue weighted by atomic mass is 32.1. The van der Waals surface area contributed by atoms with Crippen molar-refractivity contribution < 1.29 is 14.3 Å². The van der Waals surface area contributed by atoms with E-state index < -0.39 is 5.97 Å². The molecule has 8 heteroatoms. The number of esters is 1. The Bertz CT molecular complexity index is 1280. The summed E-state index contributed by atoms with van der Waals surface area (Å²) in [5, 5.41) is 2.87. The number of pyridine rings is 1. The van der Waals surface area contributed by atoms with Crippen LogP contribution in [0.5, 0.6) is 5.75 Å². The molecular weight excluding hydrogens is 402 g/mol. The lowest BCUT2D eigenvalue weighted by molar-refractivity contribution is 0.0462. The zero-order valence-corrected chi connectivity index (χ0v) is 17.3. The minimum atomic E-state index is -0.550. The molecule has 4 aromatic rings. The van der Waals surface area contributed by atoms with Gasteiger partial charge in [0.1, 0.15) is 30.2 Å². The fourth-order valence-electron chi connectivity index (χ4n) is 2.94. The summed E-state index contributed by atoms with van der Waals surface area (Å²) in [6.07, 6.45) is 1.72. The topological polar surface area (TPSA) is 82.8 Å². The lowest BCUT2D eigenvalue weighted by Gasteiger charge is -2.11. The number of ether oxygens (including phenoxy) is 2. The Balaban J connectivity index is 1.47. The smallest absolute Gasteiger partial charge is 0.342 e. The average Bonchev–Trinajstić information content (AvgIpc) is 3.16. The summed E-state index contributed by atoms with van der Waals surface area (Å²) in [4.78, 5) is 33.7. The quantitative estimate of drug-likeness (QED) is 0.442. The molecule has 0 unspecified atom stereocenters. The molecule has 30 heavy (non-hydrogen) atoms. The van der Waals surface area contributed by atoms with Gasteiger partial charge in [-0.25, -0.2) is 14.8 Å². The largest absolute Gasteiger partial charge is 0.486 e. The van der Waals surface area contributed by atoms with Crippen LogP contribution in [-0.4, -0.2) is 20.3 Å². The number of hydrogen-bond donors (Lipinski definition) is 0. The standard InChI is InChI=1S/C22H19N3O4S/c1-14-7-8-20-24-16(9-21(26)25(20)10-14)11-29-22(27)18-5-3-4-6-19(18)28-12-17-13-30-15(2)23-17/h3-10,13H,11-12H2,1-2H3. The Labute approximate surface area is 176 Å². The molecule has 4 rings (SSSR count). The van der Waals surface area contributed by atoms with Gasteiger partial charge in [0.15, 0.2) is 0 Å². The van der Waals surface area contributed by atoms with Crippen molar-refractivity contribution >= 4 is 23.0 Å². The maximum absolute atomic E-state index is 12.6. The second-order valence-electron chi connectivity index (χ2n) is 6.74. The first-order valence-corrected chi connectivity index (χ1v) is 10.2. The number of hydrogen-bond acceptors (Lipinski definition) is 7. The molecule has 0 aliphatic carbocycles. The third-order valence-corrected chi connectivity index (χ3v) is 5.18. The van der Waals surface area contributed by atoms with Crippen LogP contribution in [0.4, 0.5) is 0 Å². The second-order valence-corrected chi connectivity index (χ2v) is 7.80. The predicted molar refractivity (Wildman–Crippen MR) is 113 cm³/mol. The molecule has 3 aromatic heterocycles. The van der Waals surface area contributed by atoms with E-state index >= 15 is 0 Å². The number of aromatic nitrogens is 3. The van der Waals surface area contributed by atoms with E-state index in [0.29, 0.717) is 22.7 Å². The molecule has 0 aliphatic heterocycles. The number of aryl methyl sites for hydroxylation is 2. The third-order valence-electron chi connectivity index (χ3n) is 4.36. The van der Waals surface area contributed by atoms with E-state index in [2.05, 4.69) is 9.97 Å². The van der Waals surface area contributed by atoms with Gasteiger partial charge < -0.3 is 9.47 Å². The molecule has 0 N–H and O–H groups in total. The monoisotopic (exact) mass is 421 g/mol. The van der Waals surface area contributed by atoms with Crippen molar-refractivity contribution in [1.29, 1.82) is 0 Å². The van der Waals surface area contributed by atoms with E-state index in [1.165, 1.54) is 10.5 Å². The lowest BCUT2D eigenvalue weighted by atomic mass is 10.2. The Kier molecular flexibility index (Phi) is 5.58. The highest BCUT2D eigenvalue weighted by Crippen LogP contribution is 2.21. The number of fused-ring (bicyclic) bond motifs is 1. The molecule has 152 valence electrons. The first-order valence-electron chi connectivity index (χ1n) is 9.28. The first kappa shape index (κ1) is 19.8. The van der Waals surface area contributed by atoms with Crippen LogP contribution < -0.4 is 10.3 Å². The van der Waals surface area contributed by atoms with Gasteiger partial charge in [0, 0.05) is 17.6 Å². The number of carbonyl (C=O) groups excluding carboxylic acids is 1. The summed E-state index contributed by atoms with van der Waals surface area (Å²) in [5.41, 5.74) is 2.72. The maximum Gasteiger partial charge on any atom is 0.342 e. The van der Waals surface area contributed by atoms with E-state index in [-0.39, 0.29) is 18.8 Å². The van der Waals surface area contributed by atoms with Crippen LogP contribution in [0.2, 0.25) is 0 Å². The molecule has 1 aromatic carbocycles. The number of para-hydroxylation sites is 1. The van der Waals surface area contributed by atoms with Gasteiger partial charge in [0.05, 0.1) is 16.4 Å². The van der Waals surface area contributed by atoms with Crippen molar-refractivity contribution in [3.63, 3.8) is 0 Å². The average molecular weight is 421 g/mol. The second kappa shape index (κ2) is 8.46. The van der Waals surface area contributed by atoms with Gasteiger partial charge in [-0.3, -0.25) is 9.20 Å². The zero-order chi connectivity index (χ0) is 21.1. The Morgan fingerprint density at radius 3 is 2.70 bits per heavy atom. The molecule has 0 atom stereocenters. The molecule has 0 saturated carbocycles. The lowest BCUT2D eigenvalue weighted by Crippen LogP contribution is -2.17. The van der Waals surface area contributed by atoms with Crippen LogP contribution in [-0.2, 0) is 18.0 Å². The van der Waals surface area contributed by atoms with Gasteiger partial charge in [0.25, 0.3) is 5.56 Å². The number of nitrogens with zero attached hydrogens (tertiary/aromatic N) is 3. The molecule has 7 nitrogen and oxygen atoms in total. The fraction of sp³-hybridized carbons (Fsp3) is 0.182. The maximum atomic E-state index is 12.6. The normalized spacial score (nSPS) is 10.9. The highest BCUT2D eigenvalue weighted by molar-refractivity contribution is 7.09. The third kappa shape index (κ3) is 4.38. The van der Waals surface area contributed by atoms with E-state index in [4.69, 9.17) is 9.47 Å². The summed E-state index contributed by atoms with van der Waals surface area (Å²) >= 11 is 1.54. The summed E-state index contributed by atoms with van der Waals surface area (Å²) in [7, 11) is 0.